The number of ether oxygens (including phenoxy) is 1. The topological polar surface area (TPSA) is 67.7 Å². The van der Waals surface area contributed by atoms with E-state index >= 15 is 4.39 Å². The number of halogens is 2. The van der Waals surface area contributed by atoms with E-state index < -0.39 is 17.3 Å². The lowest BCUT2D eigenvalue weighted by molar-refractivity contribution is -0.130. The number of benzene rings is 2. The first-order valence-corrected chi connectivity index (χ1v) is 13.5. The molecule has 2 aliphatic heterocycles. The van der Waals surface area contributed by atoms with Crippen LogP contribution < -0.4 is 10.6 Å². The Balaban J connectivity index is 0.00000353. The van der Waals surface area contributed by atoms with Gasteiger partial charge in [-0.05, 0) is 50.6 Å². The van der Waals surface area contributed by atoms with E-state index in [0.717, 1.165) is 21.9 Å². The molecule has 208 valence electrons. The minimum atomic E-state index is -0.655. The molecule has 7 nitrogen and oxygen atoms in total. The third-order valence-corrected chi connectivity index (χ3v) is 8.57. The highest BCUT2D eigenvalue weighted by Crippen LogP contribution is 2.46. The molecule has 0 N–H and O–H groups in total. The van der Waals surface area contributed by atoms with Crippen molar-refractivity contribution in [2.24, 2.45) is 0 Å². The Morgan fingerprint density at radius 2 is 1.92 bits per heavy atom. The summed E-state index contributed by atoms with van der Waals surface area (Å²) in [6.45, 7) is 10.8. The van der Waals surface area contributed by atoms with Gasteiger partial charge in [-0.3, -0.25) is 9.36 Å². The highest BCUT2D eigenvalue weighted by atomic mass is 32.2. The number of carbonyl (C=O) groups excluding carboxylic acids is 1. The van der Waals surface area contributed by atoms with E-state index in [4.69, 9.17) is 4.74 Å². The maximum Gasteiger partial charge on any atom is 0.350 e. The SMILES string of the molecule is C=CC(=O)N1[C@H](C)CN(c2nc(=O)n3c4c(c(-c5ccc(F)cc5F)c(C)cc24)SC[C@@H]3COC)C[C@@H]1C.S. The molecule has 0 spiro atoms. The van der Waals surface area contributed by atoms with Crippen LogP contribution in [0.25, 0.3) is 22.0 Å². The van der Waals surface area contributed by atoms with E-state index in [0.29, 0.717) is 42.3 Å². The molecular formula is C28H32F2N4O3S2. The predicted octanol–water partition coefficient (Wildman–Crippen LogP) is 4.67. The molecule has 2 aromatic carbocycles. The number of piperazine rings is 1. The van der Waals surface area contributed by atoms with Crippen molar-refractivity contribution in [1.29, 1.82) is 0 Å². The van der Waals surface area contributed by atoms with Crippen molar-refractivity contribution in [2.45, 2.75) is 43.8 Å². The number of rotatable bonds is 5. The molecule has 2 aliphatic rings. The molecule has 3 aromatic rings. The third-order valence-electron chi connectivity index (χ3n) is 7.33. The summed E-state index contributed by atoms with van der Waals surface area (Å²) in [7, 11) is 1.59. The van der Waals surface area contributed by atoms with E-state index in [2.05, 4.69) is 16.5 Å². The summed E-state index contributed by atoms with van der Waals surface area (Å²) < 4.78 is 35.8. The minimum absolute atomic E-state index is 0. The van der Waals surface area contributed by atoms with E-state index in [-0.39, 0.29) is 43.1 Å². The Morgan fingerprint density at radius 3 is 2.54 bits per heavy atom. The molecule has 11 heteroatoms. The Hall–Kier alpha value is -2.89. The van der Waals surface area contributed by atoms with Crippen molar-refractivity contribution in [1.82, 2.24) is 14.5 Å². The summed E-state index contributed by atoms with van der Waals surface area (Å²) in [5.74, 6) is -0.342. The fraction of sp³-hybridized carbons (Fsp3) is 0.393. The maximum atomic E-state index is 15.0. The number of methoxy groups -OCH3 is 1. The smallest absolute Gasteiger partial charge is 0.350 e. The first-order chi connectivity index (χ1) is 18.2. The first-order valence-electron chi connectivity index (χ1n) is 12.5. The molecule has 1 amide bonds. The molecular weight excluding hydrogens is 542 g/mol. The Morgan fingerprint density at radius 1 is 1.23 bits per heavy atom. The number of aromatic nitrogens is 2. The van der Waals surface area contributed by atoms with E-state index in [1.807, 2.05) is 26.8 Å². The Kier molecular flexibility index (Phi) is 8.44. The molecule has 1 aromatic heterocycles. The first kappa shape index (κ1) is 29.1. The monoisotopic (exact) mass is 574 g/mol. The molecule has 0 aliphatic carbocycles. The lowest BCUT2D eigenvalue weighted by Crippen LogP contribution is -2.58. The quantitative estimate of drug-likeness (QED) is 0.413. The van der Waals surface area contributed by atoms with Gasteiger partial charge in [-0.15, -0.1) is 11.8 Å². The summed E-state index contributed by atoms with van der Waals surface area (Å²) in [6.07, 6.45) is 1.32. The van der Waals surface area contributed by atoms with E-state index in [9.17, 15) is 14.0 Å². The van der Waals surface area contributed by atoms with Crippen molar-refractivity contribution < 1.29 is 18.3 Å². The molecule has 1 saturated heterocycles. The zero-order valence-electron chi connectivity index (χ0n) is 22.3. The van der Waals surface area contributed by atoms with Crippen molar-refractivity contribution in [2.75, 3.05) is 37.5 Å². The third kappa shape index (κ3) is 4.96. The highest BCUT2D eigenvalue weighted by molar-refractivity contribution is 7.99. The number of carbonyl (C=O) groups is 1. The van der Waals surface area contributed by atoms with Crippen LogP contribution in [0.15, 0.2) is 46.6 Å². The van der Waals surface area contributed by atoms with Crippen molar-refractivity contribution >= 4 is 47.9 Å². The van der Waals surface area contributed by atoms with Gasteiger partial charge in [0.1, 0.15) is 17.5 Å². The molecule has 39 heavy (non-hydrogen) atoms. The Bertz CT molecular complexity index is 1500. The fourth-order valence-corrected chi connectivity index (χ4v) is 7.20. The van der Waals surface area contributed by atoms with Crippen LogP contribution in [0.1, 0.15) is 25.5 Å². The predicted molar refractivity (Wildman–Crippen MR) is 156 cm³/mol. The lowest BCUT2D eigenvalue weighted by Gasteiger charge is -2.45. The largest absolute Gasteiger partial charge is 0.383 e. The number of hydrogen-bond acceptors (Lipinski definition) is 6. The molecule has 0 radical (unpaired) electrons. The molecule has 5 rings (SSSR count). The zero-order valence-corrected chi connectivity index (χ0v) is 24.1. The molecule has 0 bridgehead atoms. The maximum absolute atomic E-state index is 15.0. The average Bonchev–Trinajstić information content (AvgIpc) is 2.86. The van der Waals surface area contributed by atoms with Gasteiger partial charge in [0.25, 0.3) is 0 Å². The molecule has 0 saturated carbocycles. The van der Waals surface area contributed by atoms with E-state index in [1.54, 1.807) is 16.6 Å². The second-order valence-electron chi connectivity index (χ2n) is 9.98. The standard InChI is InChI=1S/C28H30F2N4O3S.H2S/c1-6-23(35)33-16(3)11-32(12-17(33)4)27-21-9-15(2)24(20-8-7-18(29)10-22(20)30)26-25(21)34(28(36)31-27)19(13-37-5)14-38-26;/h6-10,16-17,19H,1,11-14H2,2-5H3;1H2/t16-,17+,19-;/m0./s1. The van der Waals surface area contributed by atoms with Gasteiger partial charge >= 0.3 is 5.69 Å². The number of amides is 1. The van der Waals surface area contributed by atoms with Crippen molar-refractivity contribution in [3.63, 3.8) is 0 Å². The van der Waals surface area contributed by atoms with Gasteiger partial charge in [-0.2, -0.15) is 18.5 Å². The summed E-state index contributed by atoms with van der Waals surface area (Å²) in [5, 5.41) is 0.777. The normalized spacial score (nSPS) is 20.6. The number of aryl methyl sites for hydroxylation is 1. The number of anilines is 1. The van der Waals surface area contributed by atoms with Gasteiger partial charge in [0, 0.05) is 65.5 Å². The van der Waals surface area contributed by atoms with Crippen LogP contribution in [0, 0.1) is 18.6 Å². The molecule has 3 atom stereocenters. The number of nitrogens with zero attached hydrogens (tertiary/aromatic N) is 4. The molecule has 3 heterocycles. The van der Waals surface area contributed by atoms with Gasteiger partial charge in [0.05, 0.1) is 18.2 Å². The van der Waals surface area contributed by atoms with Crippen LogP contribution in [0.2, 0.25) is 0 Å². The zero-order chi connectivity index (χ0) is 27.3. The summed E-state index contributed by atoms with van der Waals surface area (Å²) >= 11 is 1.54. The van der Waals surface area contributed by atoms with E-state index in [1.165, 1.54) is 30.0 Å². The minimum Gasteiger partial charge on any atom is -0.383 e. The van der Waals surface area contributed by atoms with Crippen LogP contribution in [-0.2, 0) is 9.53 Å². The summed E-state index contributed by atoms with van der Waals surface area (Å²) in [4.78, 5) is 35.2. The second-order valence-corrected chi connectivity index (χ2v) is 11.0. The van der Waals surface area contributed by atoms with Gasteiger partial charge in [-0.25, -0.2) is 13.6 Å². The fourth-order valence-electron chi connectivity index (χ4n) is 5.84. The van der Waals surface area contributed by atoms with Crippen LogP contribution in [0.5, 0.6) is 0 Å². The average molecular weight is 575 g/mol. The van der Waals surface area contributed by atoms with Crippen LogP contribution in [0.4, 0.5) is 14.6 Å². The van der Waals surface area contributed by atoms with Crippen LogP contribution in [-0.4, -0.2) is 65.0 Å². The Labute approximate surface area is 237 Å². The van der Waals surface area contributed by atoms with Crippen LogP contribution in [0.3, 0.4) is 0 Å². The molecule has 0 unspecified atom stereocenters. The summed E-state index contributed by atoms with van der Waals surface area (Å²) in [6, 6.07) is 5.00. The van der Waals surface area contributed by atoms with Gasteiger partial charge < -0.3 is 14.5 Å². The van der Waals surface area contributed by atoms with Gasteiger partial charge in [0.15, 0.2) is 0 Å². The summed E-state index contributed by atoms with van der Waals surface area (Å²) in [5.41, 5.74) is 1.99. The van der Waals surface area contributed by atoms with Crippen LogP contribution >= 0.6 is 25.3 Å². The van der Waals surface area contributed by atoms with Gasteiger partial charge in [-0.1, -0.05) is 6.58 Å². The lowest BCUT2D eigenvalue weighted by atomic mass is 9.96. The number of hydrogen-bond donors (Lipinski definition) is 0. The highest BCUT2D eigenvalue weighted by Gasteiger charge is 2.35. The number of thioether (sulfide) groups is 1. The van der Waals surface area contributed by atoms with Crippen molar-refractivity contribution in [3.05, 3.63) is 64.6 Å². The molecule has 1 fully saturated rings. The van der Waals surface area contributed by atoms with Crippen molar-refractivity contribution in [3.8, 4) is 11.1 Å². The second kappa shape index (κ2) is 11.3. The van der Waals surface area contributed by atoms with Gasteiger partial charge in [0.2, 0.25) is 5.91 Å².